The number of hydrogen-bond acceptors (Lipinski definition) is 5. The number of nitrogens with one attached hydrogen (secondary N) is 2. The van der Waals surface area contributed by atoms with Gasteiger partial charge in [-0.3, -0.25) is 4.99 Å². The second kappa shape index (κ2) is 11.3. The SMILES string of the molecule is CCNC(=NCCc1c(C)noc1C)NC1CCN(c2ccccc2OC)C1.I. The van der Waals surface area contributed by atoms with Crippen LogP contribution in [0.25, 0.3) is 0 Å². The zero-order valence-corrected chi connectivity index (χ0v) is 20.0. The lowest BCUT2D eigenvalue weighted by atomic mass is 10.1. The van der Waals surface area contributed by atoms with Gasteiger partial charge in [-0.15, -0.1) is 24.0 Å². The lowest BCUT2D eigenvalue weighted by molar-refractivity contribution is 0.392. The number of hydrogen-bond donors (Lipinski definition) is 2. The van der Waals surface area contributed by atoms with Crippen molar-refractivity contribution in [1.29, 1.82) is 0 Å². The molecule has 1 aliphatic rings. The number of anilines is 1. The van der Waals surface area contributed by atoms with E-state index in [2.05, 4.69) is 39.7 Å². The van der Waals surface area contributed by atoms with Gasteiger partial charge in [-0.05, 0) is 45.7 Å². The second-order valence-electron chi connectivity index (χ2n) is 7.06. The summed E-state index contributed by atoms with van der Waals surface area (Å²) >= 11 is 0. The first kappa shape index (κ1) is 23.3. The Balaban J connectivity index is 0.00000300. The fraction of sp³-hybridized carbons (Fsp3) is 0.524. The number of ether oxygens (including phenoxy) is 1. The van der Waals surface area contributed by atoms with Gasteiger partial charge < -0.3 is 24.8 Å². The lowest BCUT2D eigenvalue weighted by Gasteiger charge is -2.22. The molecule has 0 radical (unpaired) electrons. The maximum Gasteiger partial charge on any atom is 0.191 e. The molecule has 8 heteroatoms. The Morgan fingerprint density at radius 1 is 1.34 bits per heavy atom. The molecule has 1 saturated heterocycles. The molecule has 29 heavy (non-hydrogen) atoms. The highest BCUT2D eigenvalue weighted by Gasteiger charge is 2.25. The molecule has 2 aromatic rings. The third kappa shape index (κ3) is 6.01. The van der Waals surface area contributed by atoms with Gasteiger partial charge in [-0.25, -0.2) is 0 Å². The predicted octanol–water partition coefficient (Wildman–Crippen LogP) is 3.29. The smallest absolute Gasteiger partial charge is 0.191 e. The van der Waals surface area contributed by atoms with Crippen LogP contribution in [0.2, 0.25) is 0 Å². The third-order valence-corrected chi connectivity index (χ3v) is 5.11. The Bertz CT molecular complexity index is 789. The number of nitrogens with zero attached hydrogens (tertiary/aromatic N) is 3. The zero-order chi connectivity index (χ0) is 19.9. The van der Waals surface area contributed by atoms with Crippen molar-refractivity contribution < 1.29 is 9.26 Å². The van der Waals surface area contributed by atoms with E-state index in [1.165, 1.54) is 0 Å². The number of guanidine groups is 1. The Kier molecular flexibility index (Phi) is 9.06. The molecule has 1 aromatic carbocycles. The van der Waals surface area contributed by atoms with Crippen LogP contribution in [0, 0.1) is 13.8 Å². The number of aliphatic imine (C=N–C) groups is 1. The summed E-state index contributed by atoms with van der Waals surface area (Å²) < 4.78 is 10.7. The van der Waals surface area contributed by atoms with Crippen molar-refractivity contribution in [1.82, 2.24) is 15.8 Å². The van der Waals surface area contributed by atoms with Gasteiger partial charge in [0.05, 0.1) is 18.5 Å². The van der Waals surface area contributed by atoms with E-state index in [1.807, 2.05) is 26.0 Å². The van der Waals surface area contributed by atoms with Gasteiger partial charge in [0.15, 0.2) is 5.96 Å². The van der Waals surface area contributed by atoms with Crippen molar-refractivity contribution >= 4 is 35.6 Å². The Morgan fingerprint density at radius 3 is 2.83 bits per heavy atom. The monoisotopic (exact) mass is 513 g/mol. The van der Waals surface area contributed by atoms with E-state index < -0.39 is 0 Å². The third-order valence-electron chi connectivity index (χ3n) is 5.11. The number of benzene rings is 1. The van der Waals surface area contributed by atoms with Crippen LogP contribution in [0.15, 0.2) is 33.8 Å². The average molecular weight is 513 g/mol. The molecule has 0 bridgehead atoms. The molecule has 0 amide bonds. The largest absolute Gasteiger partial charge is 0.495 e. The van der Waals surface area contributed by atoms with Gasteiger partial charge in [0, 0.05) is 37.8 Å². The minimum Gasteiger partial charge on any atom is -0.495 e. The molecule has 0 saturated carbocycles. The van der Waals surface area contributed by atoms with Crippen molar-refractivity contribution in [3.05, 3.63) is 41.3 Å². The molecule has 7 nitrogen and oxygen atoms in total. The number of aryl methyl sites for hydroxylation is 2. The highest BCUT2D eigenvalue weighted by atomic mass is 127. The number of aromatic nitrogens is 1. The maximum absolute atomic E-state index is 5.51. The fourth-order valence-electron chi connectivity index (χ4n) is 3.64. The quantitative estimate of drug-likeness (QED) is 0.336. The summed E-state index contributed by atoms with van der Waals surface area (Å²) in [6, 6.07) is 8.53. The van der Waals surface area contributed by atoms with E-state index in [0.29, 0.717) is 12.6 Å². The molecular weight excluding hydrogens is 481 g/mol. The lowest BCUT2D eigenvalue weighted by Crippen LogP contribution is -2.44. The highest BCUT2D eigenvalue weighted by Crippen LogP contribution is 2.30. The summed E-state index contributed by atoms with van der Waals surface area (Å²) in [5, 5.41) is 10.9. The van der Waals surface area contributed by atoms with Crippen molar-refractivity contribution in [3.63, 3.8) is 0 Å². The molecular formula is C21H32IN5O2. The van der Waals surface area contributed by atoms with Gasteiger partial charge in [-0.1, -0.05) is 17.3 Å². The van der Waals surface area contributed by atoms with E-state index in [0.717, 1.165) is 66.9 Å². The first-order valence-corrected chi connectivity index (χ1v) is 9.97. The molecule has 0 aliphatic carbocycles. The van der Waals surface area contributed by atoms with Gasteiger partial charge in [0.1, 0.15) is 11.5 Å². The second-order valence-corrected chi connectivity index (χ2v) is 7.06. The van der Waals surface area contributed by atoms with E-state index in [4.69, 9.17) is 14.3 Å². The zero-order valence-electron chi connectivity index (χ0n) is 17.7. The molecule has 2 N–H and O–H groups in total. The van der Waals surface area contributed by atoms with Crippen LogP contribution in [0.1, 0.15) is 30.4 Å². The highest BCUT2D eigenvalue weighted by molar-refractivity contribution is 14.0. The molecule has 3 rings (SSSR count). The van der Waals surface area contributed by atoms with Crippen LogP contribution in [-0.2, 0) is 6.42 Å². The Hall–Kier alpha value is -1.97. The molecule has 2 heterocycles. The minimum atomic E-state index is 0. The van der Waals surface area contributed by atoms with Crippen molar-refractivity contribution in [2.24, 2.45) is 4.99 Å². The topological polar surface area (TPSA) is 74.9 Å². The molecule has 160 valence electrons. The van der Waals surface area contributed by atoms with Crippen molar-refractivity contribution in [2.45, 2.75) is 39.7 Å². The molecule has 1 fully saturated rings. The standard InChI is InChI=1S/C21H31N5O2.HI/c1-5-22-21(23-12-10-18-15(2)25-28-16(18)3)24-17-11-13-26(14-17)19-8-6-7-9-20(19)27-4;/h6-9,17H,5,10-14H2,1-4H3,(H2,22,23,24);1H. The predicted molar refractivity (Wildman–Crippen MR) is 128 cm³/mol. The summed E-state index contributed by atoms with van der Waals surface area (Å²) in [6.07, 6.45) is 1.89. The van der Waals surface area contributed by atoms with Gasteiger partial charge >= 0.3 is 0 Å². The Labute approximate surface area is 190 Å². The number of para-hydroxylation sites is 2. The maximum atomic E-state index is 5.51. The first-order chi connectivity index (χ1) is 13.6. The Morgan fingerprint density at radius 2 is 2.14 bits per heavy atom. The van der Waals surface area contributed by atoms with Gasteiger partial charge in [0.2, 0.25) is 0 Å². The summed E-state index contributed by atoms with van der Waals surface area (Å²) in [5.41, 5.74) is 3.26. The first-order valence-electron chi connectivity index (χ1n) is 9.97. The van der Waals surface area contributed by atoms with Crippen molar-refractivity contribution in [3.8, 4) is 5.75 Å². The van der Waals surface area contributed by atoms with E-state index in [9.17, 15) is 0 Å². The normalized spacial score (nSPS) is 16.5. The fourth-order valence-corrected chi connectivity index (χ4v) is 3.64. The molecule has 0 spiro atoms. The number of halogens is 1. The molecule has 1 atom stereocenters. The summed E-state index contributed by atoms with van der Waals surface area (Å²) in [5.74, 6) is 2.67. The number of rotatable bonds is 7. The summed E-state index contributed by atoms with van der Waals surface area (Å²) in [7, 11) is 1.72. The number of methoxy groups -OCH3 is 1. The van der Waals surface area contributed by atoms with E-state index in [1.54, 1.807) is 7.11 Å². The summed E-state index contributed by atoms with van der Waals surface area (Å²) in [4.78, 5) is 7.11. The van der Waals surface area contributed by atoms with Crippen LogP contribution in [0.5, 0.6) is 5.75 Å². The van der Waals surface area contributed by atoms with Crippen LogP contribution in [0.4, 0.5) is 5.69 Å². The summed E-state index contributed by atoms with van der Waals surface area (Å²) in [6.45, 7) is 9.46. The molecule has 1 unspecified atom stereocenters. The van der Waals surface area contributed by atoms with Crippen LogP contribution < -0.4 is 20.3 Å². The van der Waals surface area contributed by atoms with E-state index >= 15 is 0 Å². The minimum absolute atomic E-state index is 0. The molecule has 1 aromatic heterocycles. The van der Waals surface area contributed by atoms with Gasteiger partial charge in [0.25, 0.3) is 0 Å². The van der Waals surface area contributed by atoms with Gasteiger partial charge in [-0.2, -0.15) is 0 Å². The average Bonchev–Trinajstić information content (AvgIpc) is 3.29. The van der Waals surface area contributed by atoms with Crippen molar-refractivity contribution in [2.75, 3.05) is 38.2 Å². The van der Waals surface area contributed by atoms with Crippen LogP contribution in [0.3, 0.4) is 0 Å². The van der Waals surface area contributed by atoms with Crippen LogP contribution in [-0.4, -0.2) is 50.4 Å². The van der Waals surface area contributed by atoms with E-state index in [-0.39, 0.29) is 24.0 Å². The van der Waals surface area contributed by atoms with Crippen LogP contribution >= 0.6 is 24.0 Å². The molecule has 1 aliphatic heterocycles.